The van der Waals surface area contributed by atoms with E-state index in [0.29, 0.717) is 11.6 Å². The first-order chi connectivity index (χ1) is 9.56. The summed E-state index contributed by atoms with van der Waals surface area (Å²) in [5.74, 6) is -1.41. The smallest absolute Gasteiger partial charge is 0.337 e. The van der Waals surface area contributed by atoms with E-state index in [0.717, 1.165) is 0 Å². The quantitative estimate of drug-likeness (QED) is 0.885. The molecule has 6 nitrogen and oxygen atoms in total. The van der Waals surface area contributed by atoms with Crippen LogP contribution in [0.15, 0.2) is 36.9 Å². The van der Waals surface area contributed by atoms with Crippen LogP contribution in [0.4, 0.5) is 5.69 Å². The number of imidazole rings is 1. The fraction of sp³-hybridized carbons (Fsp3) is 0.154. The van der Waals surface area contributed by atoms with Crippen LogP contribution in [-0.4, -0.2) is 26.5 Å². The number of carbonyl (C=O) groups is 2. The second-order valence-corrected chi connectivity index (χ2v) is 4.53. The predicted molar refractivity (Wildman–Crippen MR) is 73.9 cm³/mol. The number of aryl methyl sites for hydroxylation is 1. The van der Waals surface area contributed by atoms with Gasteiger partial charge in [-0.05, 0) is 18.2 Å². The highest BCUT2D eigenvalue weighted by Gasteiger charge is 2.13. The van der Waals surface area contributed by atoms with Crippen molar-refractivity contribution < 1.29 is 14.7 Å². The molecule has 0 aliphatic heterocycles. The van der Waals surface area contributed by atoms with Crippen molar-refractivity contribution in [1.82, 2.24) is 9.55 Å². The lowest BCUT2D eigenvalue weighted by Gasteiger charge is -2.09. The molecule has 0 saturated heterocycles. The summed E-state index contributed by atoms with van der Waals surface area (Å²) in [6.07, 6.45) is 5.18. The lowest BCUT2D eigenvalue weighted by atomic mass is 10.1. The number of hydrogen-bond acceptors (Lipinski definition) is 3. The normalized spacial score (nSPS) is 10.2. The number of amides is 1. The Balaban J connectivity index is 2.03. The molecule has 0 unspecified atom stereocenters. The van der Waals surface area contributed by atoms with Gasteiger partial charge < -0.3 is 15.0 Å². The molecule has 0 aliphatic carbocycles. The number of aromatic nitrogens is 2. The van der Waals surface area contributed by atoms with Crippen molar-refractivity contribution in [1.29, 1.82) is 0 Å². The maximum Gasteiger partial charge on any atom is 0.337 e. The van der Waals surface area contributed by atoms with Crippen LogP contribution < -0.4 is 5.32 Å². The van der Waals surface area contributed by atoms with E-state index in [1.165, 1.54) is 18.2 Å². The van der Waals surface area contributed by atoms with Gasteiger partial charge in [0.15, 0.2) is 0 Å². The molecule has 0 aliphatic rings. The van der Waals surface area contributed by atoms with Gasteiger partial charge in [0.25, 0.3) is 0 Å². The summed E-state index contributed by atoms with van der Waals surface area (Å²) in [5.41, 5.74) is 0.200. The van der Waals surface area contributed by atoms with Crippen molar-refractivity contribution in [2.24, 2.45) is 0 Å². The van der Waals surface area contributed by atoms with E-state index in [1.807, 2.05) is 0 Å². The van der Waals surface area contributed by atoms with Crippen molar-refractivity contribution in [2.45, 2.75) is 13.0 Å². The van der Waals surface area contributed by atoms with E-state index in [2.05, 4.69) is 10.3 Å². The molecule has 2 rings (SSSR count). The third-order valence-corrected chi connectivity index (χ3v) is 2.88. The zero-order valence-electron chi connectivity index (χ0n) is 10.4. The third kappa shape index (κ3) is 3.58. The largest absolute Gasteiger partial charge is 0.478 e. The van der Waals surface area contributed by atoms with E-state index < -0.39 is 5.97 Å². The number of carboxylic acids is 1. The van der Waals surface area contributed by atoms with Crippen molar-refractivity contribution >= 4 is 29.2 Å². The van der Waals surface area contributed by atoms with Gasteiger partial charge in [-0.3, -0.25) is 4.79 Å². The standard InChI is InChI=1S/C13H12ClN3O3/c14-9-1-2-10(13(19)20)11(7-9)16-12(18)3-5-17-6-4-15-8-17/h1-2,4,6-8H,3,5H2,(H,16,18)(H,19,20). The number of aromatic carboxylic acids is 1. The number of nitrogens with zero attached hydrogens (tertiary/aromatic N) is 2. The fourth-order valence-corrected chi connectivity index (χ4v) is 1.84. The summed E-state index contributed by atoms with van der Waals surface area (Å²) in [4.78, 5) is 26.7. The lowest BCUT2D eigenvalue weighted by molar-refractivity contribution is -0.116. The van der Waals surface area contributed by atoms with Crippen LogP contribution in [0.1, 0.15) is 16.8 Å². The van der Waals surface area contributed by atoms with Gasteiger partial charge in [0.05, 0.1) is 17.6 Å². The highest BCUT2D eigenvalue weighted by Crippen LogP contribution is 2.21. The first-order valence-corrected chi connectivity index (χ1v) is 6.22. The Morgan fingerprint density at radius 1 is 1.40 bits per heavy atom. The van der Waals surface area contributed by atoms with Gasteiger partial charge in [-0.2, -0.15) is 0 Å². The lowest BCUT2D eigenvalue weighted by Crippen LogP contribution is -2.16. The Kier molecular flexibility index (Phi) is 4.37. The SMILES string of the molecule is O=C(CCn1ccnc1)Nc1cc(Cl)ccc1C(=O)O. The number of halogens is 1. The third-order valence-electron chi connectivity index (χ3n) is 2.64. The minimum atomic E-state index is -1.12. The van der Waals surface area contributed by atoms with Crippen molar-refractivity contribution in [2.75, 3.05) is 5.32 Å². The van der Waals surface area contributed by atoms with Gasteiger partial charge in [0.2, 0.25) is 5.91 Å². The average molecular weight is 294 g/mol. The Morgan fingerprint density at radius 2 is 2.20 bits per heavy atom. The Bertz CT molecular complexity index is 626. The van der Waals surface area contributed by atoms with Gasteiger partial charge in [0.1, 0.15) is 0 Å². The fourth-order valence-electron chi connectivity index (χ4n) is 1.67. The van der Waals surface area contributed by atoms with Crippen molar-refractivity contribution in [3.05, 3.63) is 47.5 Å². The second-order valence-electron chi connectivity index (χ2n) is 4.09. The van der Waals surface area contributed by atoms with Crippen LogP contribution in [0, 0.1) is 0 Å². The molecule has 0 atom stereocenters. The molecule has 104 valence electrons. The zero-order valence-corrected chi connectivity index (χ0v) is 11.2. The molecule has 0 saturated carbocycles. The van der Waals surface area contributed by atoms with Gasteiger partial charge in [-0.15, -0.1) is 0 Å². The predicted octanol–water partition coefficient (Wildman–Crippen LogP) is 2.26. The van der Waals surface area contributed by atoms with Crippen LogP contribution in [0.5, 0.6) is 0 Å². The minimum absolute atomic E-state index is 0.00498. The van der Waals surface area contributed by atoms with E-state index in [-0.39, 0.29) is 23.6 Å². The Labute approximate surface area is 120 Å². The molecular weight excluding hydrogens is 282 g/mol. The number of carboxylic acid groups (broad SMARTS) is 1. The van der Waals surface area contributed by atoms with Crippen LogP contribution in [0.2, 0.25) is 5.02 Å². The molecule has 0 bridgehead atoms. The maximum absolute atomic E-state index is 11.8. The number of benzene rings is 1. The van der Waals surface area contributed by atoms with E-state index >= 15 is 0 Å². The van der Waals surface area contributed by atoms with Crippen LogP contribution >= 0.6 is 11.6 Å². The number of nitrogens with one attached hydrogen (secondary N) is 1. The summed E-state index contributed by atoms with van der Waals surface area (Å²) in [5, 5.41) is 12.0. The van der Waals surface area contributed by atoms with Crippen molar-refractivity contribution in [3.8, 4) is 0 Å². The molecule has 0 radical (unpaired) electrons. The number of rotatable bonds is 5. The monoisotopic (exact) mass is 293 g/mol. The van der Waals surface area contributed by atoms with E-state index in [1.54, 1.807) is 23.3 Å². The van der Waals surface area contributed by atoms with Crippen LogP contribution in [-0.2, 0) is 11.3 Å². The molecule has 2 N–H and O–H groups in total. The number of hydrogen-bond donors (Lipinski definition) is 2. The van der Waals surface area contributed by atoms with Gasteiger partial charge in [0, 0.05) is 30.4 Å². The van der Waals surface area contributed by atoms with Crippen molar-refractivity contribution in [3.63, 3.8) is 0 Å². The topological polar surface area (TPSA) is 84.2 Å². The molecular formula is C13H12ClN3O3. The van der Waals surface area contributed by atoms with Crippen LogP contribution in [0.25, 0.3) is 0 Å². The highest BCUT2D eigenvalue weighted by atomic mass is 35.5. The first-order valence-electron chi connectivity index (χ1n) is 5.84. The molecule has 7 heteroatoms. The molecule has 0 fully saturated rings. The summed E-state index contributed by atoms with van der Waals surface area (Å²) in [7, 11) is 0. The first kappa shape index (κ1) is 14.1. The molecule has 1 aromatic carbocycles. The number of carbonyl (C=O) groups excluding carboxylic acids is 1. The van der Waals surface area contributed by atoms with Gasteiger partial charge >= 0.3 is 5.97 Å². The maximum atomic E-state index is 11.8. The summed E-state index contributed by atoms with van der Waals surface area (Å²) in [6.45, 7) is 0.467. The minimum Gasteiger partial charge on any atom is -0.478 e. The molecule has 1 aromatic heterocycles. The van der Waals surface area contributed by atoms with Crippen LogP contribution in [0.3, 0.4) is 0 Å². The second kappa shape index (κ2) is 6.21. The average Bonchev–Trinajstić information content (AvgIpc) is 2.89. The molecule has 20 heavy (non-hydrogen) atoms. The summed E-state index contributed by atoms with van der Waals surface area (Å²) >= 11 is 5.81. The highest BCUT2D eigenvalue weighted by molar-refractivity contribution is 6.31. The van der Waals surface area contributed by atoms with E-state index in [9.17, 15) is 9.59 Å². The summed E-state index contributed by atoms with van der Waals surface area (Å²) < 4.78 is 1.76. The van der Waals surface area contributed by atoms with E-state index in [4.69, 9.17) is 16.7 Å². The van der Waals surface area contributed by atoms with Gasteiger partial charge in [-0.25, -0.2) is 9.78 Å². The summed E-state index contributed by atoms with van der Waals surface area (Å²) in [6, 6.07) is 4.24. The Hall–Kier alpha value is -2.34. The molecule has 2 aromatic rings. The zero-order chi connectivity index (χ0) is 14.5. The number of anilines is 1. The molecule has 1 amide bonds. The molecule has 1 heterocycles. The Morgan fingerprint density at radius 3 is 2.85 bits per heavy atom. The molecule has 0 spiro atoms. The van der Waals surface area contributed by atoms with Gasteiger partial charge in [-0.1, -0.05) is 11.6 Å².